The van der Waals surface area contributed by atoms with Gasteiger partial charge in [0.05, 0.1) is 7.11 Å². The molecular weight excluding hydrogens is 354 g/mol. The molecule has 26 heavy (non-hydrogen) atoms. The fraction of sp³-hybridized carbons (Fsp3) is 0.263. The summed E-state index contributed by atoms with van der Waals surface area (Å²) in [5.74, 6) is 0.629. The summed E-state index contributed by atoms with van der Waals surface area (Å²) < 4.78 is 5.13. The third-order valence-corrected chi connectivity index (χ3v) is 4.50. The summed E-state index contributed by atoms with van der Waals surface area (Å²) in [7, 11) is 1.60. The minimum absolute atomic E-state index is 0.0540. The number of rotatable bonds is 4. The number of nitrogens with one attached hydrogen (secondary N) is 1. The maximum atomic E-state index is 12.4. The van der Waals surface area contributed by atoms with Crippen LogP contribution < -0.4 is 15.0 Å². The molecule has 1 aliphatic rings. The van der Waals surface area contributed by atoms with Crippen LogP contribution >= 0.6 is 11.6 Å². The first-order chi connectivity index (χ1) is 12.6. The van der Waals surface area contributed by atoms with Crippen molar-refractivity contribution in [3.8, 4) is 5.75 Å². The van der Waals surface area contributed by atoms with Crippen LogP contribution in [-0.4, -0.2) is 43.6 Å². The van der Waals surface area contributed by atoms with Crippen LogP contribution in [0.1, 0.15) is 5.56 Å². The Morgan fingerprint density at radius 3 is 2.42 bits per heavy atom. The molecular formula is C19H20ClN3O3. The second-order valence-electron chi connectivity index (χ2n) is 5.95. The van der Waals surface area contributed by atoms with Gasteiger partial charge >= 0.3 is 6.03 Å². The van der Waals surface area contributed by atoms with Crippen molar-refractivity contribution in [3.63, 3.8) is 0 Å². The molecule has 0 unspecified atom stereocenters. The topological polar surface area (TPSA) is 61.9 Å². The van der Waals surface area contributed by atoms with E-state index in [0.717, 1.165) is 17.0 Å². The largest absolute Gasteiger partial charge is 0.497 e. The van der Waals surface area contributed by atoms with Crippen molar-refractivity contribution in [2.45, 2.75) is 6.54 Å². The number of nitrogens with zero attached hydrogens (tertiary/aromatic N) is 2. The Hall–Kier alpha value is -2.73. The van der Waals surface area contributed by atoms with E-state index in [2.05, 4.69) is 5.32 Å². The lowest BCUT2D eigenvalue weighted by Crippen LogP contribution is -2.54. The normalized spacial score (nSPS) is 14.3. The zero-order chi connectivity index (χ0) is 18.5. The molecule has 0 radical (unpaired) electrons. The van der Waals surface area contributed by atoms with E-state index in [1.165, 1.54) is 4.90 Å². The molecule has 1 aliphatic heterocycles. The first kappa shape index (κ1) is 18.1. The standard InChI is InChI=1S/C19H20ClN3O3/c1-26-17-8-6-16(7-9-17)23-11-10-22(13-18(23)24)19(25)21-12-14-2-4-15(20)5-3-14/h2-9H,10-13H2,1H3,(H,21,25). The van der Waals surface area contributed by atoms with E-state index in [0.29, 0.717) is 24.7 Å². The van der Waals surface area contributed by atoms with Crippen molar-refractivity contribution in [1.29, 1.82) is 0 Å². The summed E-state index contributed by atoms with van der Waals surface area (Å²) in [6.45, 7) is 1.38. The third-order valence-electron chi connectivity index (χ3n) is 4.25. The van der Waals surface area contributed by atoms with Gasteiger partial charge in [0.1, 0.15) is 12.3 Å². The van der Waals surface area contributed by atoms with Gasteiger partial charge < -0.3 is 19.9 Å². The van der Waals surface area contributed by atoms with Gasteiger partial charge in [0, 0.05) is 30.3 Å². The van der Waals surface area contributed by atoms with Crippen LogP contribution in [0, 0.1) is 0 Å². The summed E-state index contributed by atoms with van der Waals surface area (Å²) in [4.78, 5) is 28.0. The smallest absolute Gasteiger partial charge is 0.318 e. The van der Waals surface area contributed by atoms with Crippen molar-refractivity contribution in [1.82, 2.24) is 10.2 Å². The number of amides is 3. The predicted octanol–water partition coefficient (Wildman–Crippen LogP) is 2.91. The van der Waals surface area contributed by atoms with E-state index in [4.69, 9.17) is 16.3 Å². The molecule has 2 aromatic carbocycles. The molecule has 0 aromatic heterocycles. The van der Waals surface area contributed by atoms with E-state index in [1.807, 2.05) is 36.4 Å². The first-order valence-electron chi connectivity index (χ1n) is 8.28. The van der Waals surface area contributed by atoms with Gasteiger partial charge in [-0.25, -0.2) is 4.79 Å². The molecule has 0 saturated carbocycles. The zero-order valence-electron chi connectivity index (χ0n) is 14.4. The van der Waals surface area contributed by atoms with E-state index in [9.17, 15) is 9.59 Å². The van der Waals surface area contributed by atoms with E-state index >= 15 is 0 Å². The molecule has 136 valence electrons. The maximum absolute atomic E-state index is 12.4. The van der Waals surface area contributed by atoms with Gasteiger partial charge in [-0.15, -0.1) is 0 Å². The molecule has 3 amide bonds. The fourth-order valence-electron chi connectivity index (χ4n) is 2.77. The number of hydrogen-bond donors (Lipinski definition) is 1. The van der Waals surface area contributed by atoms with E-state index in [1.54, 1.807) is 24.1 Å². The van der Waals surface area contributed by atoms with Crippen molar-refractivity contribution in [2.24, 2.45) is 0 Å². The number of piperazine rings is 1. The first-order valence-corrected chi connectivity index (χ1v) is 8.66. The molecule has 6 nitrogen and oxygen atoms in total. The Morgan fingerprint density at radius 2 is 1.81 bits per heavy atom. The van der Waals surface area contributed by atoms with Crippen LogP contribution in [0.25, 0.3) is 0 Å². The molecule has 2 aromatic rings. The number of hydrogen-bond acceptors (Lipinski definition) is 3. The fourth-order valence-corrected chi connectivity index (χ4v) is 2.90. The van der Waals surface area contributed by atoms with Crippen LogP contribution in [0.3, 0.4) is 0 Å². The van der Waals surface area contributed by atoms with Gasteiger partial charge in [0.2, 0.25) is 5.91 Å². The number of methoxy groups -OCH3 is 1. The van der Waals surface area contributed by atoms with E-state index in [-0.39, 0.29) is 18.5 Å². The molecule has 0 spiro atoms. The van der Waals surface area contributed by atoms with Crippen molar-refractivity contribution < 1.29 is 14.3 Å². The highest BCUT2D eigenvalue weighted by molar-refractivity contribution is 6.30. The molecule has 7 heteroatoms. The lowest BCUT2D eigenvalue weighted by Gasteiger charge is -2.34. The van der Waals surface area contributed by atoms with Crippen LogP contribution in [0.4, 0.5) is 10.5 Å². The number of carbonyl (C=O) groups is 2. The molecule has 1 N–H and O–H groups in total. The van der Waals surface area contributed by atoms with Crippen molar-refractivity contribution in [3.05, 3.63) is 59.1 Å². The third kappa shape index (κ3) is 4.26. The summed E-state index contributed by atoms with van der Waals surface area (Å²) in [5.41, 5.74) is 1.75. The number of anilines is 1. The molecule has 1 fully saturated rings. The van der Waals surface area contributed by atoms with Gasteiger partial charge in [-0.05, 0) is 42.0 Å². The van der Waals surface area contributed by atoms with Crippen molar-refractivity contribution in [2.75, 3.05) is 31.6 Å². The summed E-state index contributed by atoms with van der Waals surface area (Å²) in [6, 6.07) is 14.3. The highest BCUT2D eigenvalue weighted by atomic mass is 35.5. The van der Waals surface area contributed by atoms with Crippen LogP contribution in [0.5, 0.6) is 5.75 Å². The van der Waals surface area contributed by atoms with Crippen molar-refractivity contribution >= 4 is 29.2 Å². The van der Waals surface area contributed by atoms with E-state index < -0.39 is 0 Å². The number of benzene rings is 2. The summed E-state index contributed by atoms with van der Waals surface area (Å²) >= 11 is 5.85. The molecule has 0 aliphatic carbocycles. The lowest BCUT2D eigenvalue weighted by molar-refractivity contribution is -0.120. The Bertz CT molecular complexity index is 778. The average molecular weight is 374 g/mol. The van der Waals surface area contributed by atoms with Crippen LogP contribution in [-0.2, 0) is 11.3 Å². The number of urea groups is 1. The molecule has 1 saturated heterocycles. The predicted molar refractivity (Wildman–Crippen MR) is 101 cm³/mol. The van der Waals surface area contributed by atoms with Gasteiger partial charge in [0.25, 0.3) is 0 Å². The monoisotopic (exact) mass is 373 g/mol. The second-order valence-corrected chi connectivity index (χ2v) is 6.39. The van der Waals surface area contributed by atoms with Crippen LogP contribution in [0.15, 0.2) is 48.5 Å². The van der Waals surface area contributed by atoms with Gasteiger partial charge in [0.15, 0.2) is 0 Å². The molecule has 3 rings (SSSR count). The zero-order valence-corrected chi connectivity index (χ0v) is 15.2. The van der Waals surface area contributed by atoms with Gasteiger partial charge in [-0.3, -0.25) is 4.79 Å². The quantitative estimate of drug-likeness (QED) is 0.896. The highest BCUT2D eigenvalue weighted by Crippen LogP contribution is 2.21. The Labute approximate surface area is 157 Å². The Morgan fingerprint density at radius 1 is 1.12 bits per heavy atom. The SMILES string of the molecule is COc1ccc(N2CCN(C(=O)NCc3ccc(Cl)cc3)CC2=O)cc1. The summed E-state index contributed by atoms with van der Waals surface area (Å²) in [6.07, 6.45) is 0. The van der Waals surface area contributed by atoms with Gasteiger partial charge in [-0.2, -0.15) is 0 Å². The minimum atomic E-state index is -0.248. The average Bonchev–Trinajstić information content (AvgIpc) is 2.67. The Balaban J connectivity index is 1.54. The van der Waals surface area contributed by atoms with Crippen LogP contribution in [0.2, 0.25) is 5.02 Å². The maximum Gasteiger partial charge on any atom is 0.318 e. The Kier molecular flexibility index (Phi) is 5.63. The number of carbonyl (C=O) groups excluding carboxylic acids is 2. The van der Waals surface area contributed by atoms with Gasteiger partial charge in [-0.1, -0.05) is 23.7 Å². The number of ether oxygens (including phenoxy) is 1. The minimum Gasteiger partial charge on any atom is -0.497 e. The second kappa shape index (κ2) is 8.10. The summed E-state index contributed by atoms with van der Waals surface area (Å²) in [5, 5.41) is 3.49. The molecule has 0 bridgehead atoms. The lowest BCUT2D eigenvalue weighted by atomic mass is 10.2. The number of halogens is 1. The highest BCUT2D eigenvalue weighted by Gasteiger charge is 2.27. The molecule has 1 heterocycles. The molecule has 0 atom stereocenters.